The van der Waals surface area contributed by atoms with E-state index < -0.39 is 23.7 Å². The molecule has 0 spiro atoms. The van der Waals surface area contributed by atoms with Crippen LogP contribution in [0.25, 0.3) is 11.0 Å². The Kier molecular flexibility index (Phi) is 12.6. The van der Waals surface area contributed by atoms with Crippen molar-refractivity contribution in [3.05, 3.63) is 42.0 Å². The molecule has 0 atom stereocenters. The molecule has 0 saturated carbocycles. The molecule has 2 aromatic heterocycles. The number of hydrogen-bond acceptors (Lipinski definition) is 10. The summed E-state index contributed by atoms with van der Waals surface area (Å²) in [6, 6.07) is 4.67. The molecule has 38 heavy (non-hydrogen) atoms. The average Bonchev–Trinajstić information content (AvgIpc) is 3.20. The van der Waals surface area contributed by atoms with Gasteiger partial charge in [0.2, 0.25) is 0 Å². The van der Waals surface area contributed by atoms with E-state index >= 15 is 0 Å². The van der Waals surface area contributed by atoms with Gasteiger partial charge in [-0.15, -0.1) is 12.4 Å². The number of aromatic carboxylic acids is 1. The molecule has 0 radical (unpaired) electrons. The summed E-state index contributed by atoms with van der Waals surface area (Å²) >= 11 is 0. The fraction of sp³-hybridized carbons (Fsp3) is 0.273. The first-order chi connectivity index (χ1) is 17.0. The zero-order chi connectivity index (χ0) is 26.5. The number of rotatable bonds is 3. The zero-order valence-electron chi connectivity index (χ0n) is 21.0. The predicted octanol–water partition coefficient (Wildman–Crippen LogP) is -1.72. The van der Waals surface area contributed by atoms with Gasteiger partial charge in [0.15, 0.2) is 6.61 Å². The third-order valence-corrected chi connectivity index (χ3v) is 4.43. The van der Waals surface area contributed by atoms with Crippen molar-refractivity contribution in [3.8, 4) is 5.75 Å². The molecule has 6 N–H and O–H groups in total. The van der Waals surface area contributed by atoms with Crippen LogP contribution >= 0.6 is 12.4 Å². The summed E-state index contributed by atoms with van der Waals surface area (Å²) in [7, 11) is 0. The number of nitrogens with two attached hydrogens (primary N) is 1. The Balaban J connectivity index is 0.000000410. The number of imide groups is 1. The Hall–Kier alpha value is -2.79. The molecule has 0 bridgehead atoms. The number of carbonyl (C=O) groups is 4. The molecule has 16 heteroatoms. The van der Waals surface area contributed by atoms with Crippen LogP contribution in [0.2, 0.25) is 0 Å². The van der Waals surface area contributed by atoms with E-state index in [0.29, 0.717) is 18.0 Å². The van der Waals surface area contributed by atoms with E-state index in [0.717, 1.165) is 11.9 Å². The molecular formula is C22H25ClKN7O7. The fourth-order valence-corrected chi connectivity index (χ4v) is 3.00. The number of aromatic amines is 1. The number of amides is 4. The number of carboxylic acid groups (broad SMARTS) is 1. The van der Waals surface area contributed by atoms with Gasteiger partial charge in [-0.2, -0.15) is 0 Å². The van der Waals surface area contributed by atoms with E-state index in [4.69, 9.17) is 15.2 Å². The molecule has 0 saturated heterocycles. The second-order valence-electron chi connectivity index (χ2n) is 8.39. The number of anilines is 2. The van der Waals surface area contributed by atoms with E-state index in [1.54, 1.807) is 20.8 Å². The van der Waals surface area contributed by atoms with Gasteiger partial charge in [-0.1, -0.05) is 6.07 Å². The van der Waals surface area contributed by atoms with Crippen LogP contribution in [-0.4, -0.2) is 51.2 Å². The van der Waals surface area contributed by atoms with Gasteiger partial charge < -0.3 is 40.7 Å². The number of nitrogens with zero attached hydrogens (tertiary/aromatic N) is 2. The summed E-state index contributed by atoms with van der Waals surface area (Å²) in [5.74, 6) is -0.900. The molecule has 3 aromatic rings. The van der Waals surface area contributed by atoms with Crippen molar-refractivity contribution in [2.45, 2.75) is 32.9 Å². The second kappa shape index (κ2) is 14.4. The Morgan fingerprint density at radius 2 is 1.95 bits per heavy atom. The van der Waals surface area contributed by atoms with Crippen LogP contribution in [0.1, 0.15) is 36.8 Å². The molecule has 0 fully saturated rings. The summed E-state index contributed by atoms with van der Waals surface area (Å²) < 4.78 is 10.1. The summed E-state index contributed by atoms with van der Waals surface area (Å²) in [5, 5.41) is 18.0. The zero-order valence-corrected chi connectivity index (χ0v) is 25.0. The number of hydrogen-bond donors (Lipinski definition) is 5. The van der Waals surface area contributed by atoms with Gasteiger partial charge in [-0.25, -0.2) is 24.9 Å². The van der Waals surface area contributed by atoms with Crippen LogP contribution in [0, 0.1) is 0 Å². The first kappa shape index (κ1) is 33.2. The smallest absolute Gasteiger partial charge is 0.543 e. The van der Waals surface area contributed by atoms with Crippen LogP contribution in [-0.2, 0) is 16.1 Å². The van der Waals surface area contributed by atoms with Crippen molar-refractivity contribution in [3.63, 3.8) is 0 Å². The summed E-state index contributed by atoms with van der Waals surface area (Å²) in [6.45, 7) is 5.52. The Labute approximate surface area is 265 Å². The third kappa shape index (κ3) is 9.19. The van der Waals surface area contributed by atoms with Crippen LogP contribution in [0.4, 0.5) is 21.0 Å². The first-order valence-corrected chi connectivity index (χ1v) is 10.6. The van der Waals surface area contributed by atoms with Crippen LogP contribution in [0.15, 0.2) is 30.7 Å². The molecule has 0 unspecified atom stereocenters. The molecule has 4 amide bonds. The number of nitrogens with one attached hydrogen (secondary N) is 4. The minimum atomic E-state index is -1.48. The van der Waals surface area contributed by atoms with Crippen molar-refractivity contribution in [2.24, 2.45) is 5.73 Å². The molecule has 1 aliphatic rings. The minimum absolute atomic E-state index is 0. The Bertz CT molecular complexity index is 1330. The van der Waals surface area contributed by atoms with Gasteiger partial charge >= 0.3 is 63.5 Å². The Morgan fingerprint density at radius 3 is 2.58 bits per heavy atom. The molecule has 4 rings (SSSR count). The van der Waals surface area contributed by atoms with Gasteiger partial charge in [0, 0.05) is 12.7 Å². The topological polar surface area (TPSA) is 213 Å². The maximum atomic E-state index is 11.8. The van der Waals surface area contributed by atoms with Crippen molar-refractivity contribution in [1.29, 1.82) is 0 Å². The number of halogens is 1. The largest absolute Gasteiger partial charge is 1.00 e. The molecule has 1 aliphatic heterocycles. The van der Waals surface area contributed by atoms with Crippen LogP contribution < -0.4 is 82.9 Å². The number of fused-ring (bicyclic) bond motifs is 2. The number of aromatic nitrogens is 3. The van der Waals surface area contributed by atoms with E-state index in [2.05, 4.69) is 25.6 Å². The predicted molar refractivity (Wildman–Crippen MR) is 132 cm³/mol. The SMILES string of the molecule is CC(C)(C)OC(=O)NC(=O)Nc1c[nH]c2c(C(=O)[O-])ncnc12.Cl.NCc1ccc2c(c1)NC(=O)CO2.[K+]. The summed E-state index contributed by atoms with van der Waals surface area (Å²) in [5.41, 5.74) is 6.50. The molecule has 0 aliphatic carbocycles. The number of carboxylic acids is 1. The van der Waals surface area contributed by atoms with Crippen molar-refractivity contribution < 1.29 is 85.1 Å². The van der Waals surface area contributed by atoms with Gasteiger partial charge in [0.25, 0.3) is 5.91 Å². The molecule has 1 aromatic carbocycles. The normalized spacial score (nSPS) is 11.6. The van der Waals surface area contributed by atoms with E-state index in [9.17, 15) is 24.3 Å². The van der Waals surface area contributed by atoms with E-state index in [1.807, 2.05) is 23.5 Å². The van der Waals surface area contributed by atoms with Gasteiger partial charge in [-0.3, -0.25) is 4.79 Å². The summed E-state index contributed by atoms with van der Waals surface area (Å²) in [6.07, 6.45) is 1.43. The molecular weight excluding hydrogens is 549 g/mol. The first-order valence-electron chi connectivity index (χ1n) is 10.6. The van der Waals surface area contributed by atoms with Crippen molar-refractivity contribution in [2.75, 3.05) is 17.2 Å². The van der Waals surface area contributed by atoms with Crippen molar-refractivity contribution >= 4 is 58.8 Å². The van der Waals surface area contributed by atoms with Gasteiger partial charge in [0.05, 0.1) is 22.9 Å². The number of benzene rings is 1. The quantitative estimate of drug-likeness (QED) is 0.223. The molecule has 3 heterocycles. The number of H-pyrrole nitrogens is 1. The molecule has 14 nitrogen and oxygen atoms in total. The van der Waals surface area contributed by atoms with Crippen molar-refractivity contribution in [1.82, 2.24) is 20.3 Å². The van der Waals surface area contributed by atoms with E-state index in [1.165, 1.54) is 6.20 Å². The standard InChI is InChI=1S/C13H15N5O5.C9H10N2O2.ClH.K/c1-13(2,3)23-12(22)18-11(21)17-6-4-14-8-7(6)15-5-16-9(8)10(19)20;10-4-6-1-2-8-7(3-6)11-9(12)5-13-8;;/h4-5,14H,1-3H3,(H,19,20)(H2,17,18,21,22);1-3H,4-5,10H2,(H,11,12);1H;/q;;;+1/p-1. The number of carbonyl (C=O) groups excluding carboxylic acids is 4. The second-order valence-corrected chi connectivity index (χ2v) is 8.39. The van der Waals surface area contributed by atoms with Crippen LogP contribution in [0.5, 0.6) is 5.75 Å². The van der Waals surface area contributed by atoms with E-state index in [-0.39, 0.29) is 98.7 Å². The minimum Gasteiger partial charge on any atom is -0.543 e. The number of ether oxygens (including phenoxy) is 2. The van der Waals surface area contributed by atoms with Gasteiger partial charge in [0.1, 0.15) is 28.9 Å². The third-order valence-electron chi connectivity index (χ3n) is 4.43. The summed E-state index contributed by atoms with van der Waals surface area (Å²) in [4.78, 5) is 55.2. The Morgan fingerprint density at radius 1 is 1.24 bits per heavy atom. The molecule has 198 valence electrons. The number of alkyl carbamates (subject to hydrolysis) is 1. The van der Waals surface area contributed by atoms with Crippen LogP contribution in [0.3, 0.4) is 0 Å². The number of urea groups is 1. The fourth-order valence-electron chi connectivity index (χ4n) is 3.00. The average molecular weight is 574 g/mol. The maximum Gasteiger partial charge on any atom is 1.00 e. The van der Waals surface area contributed by atoms with Gasteiger partial charge in [-0.05, 0) is 38.5 Å². The monoisotopic (exact) mass is 573 g/mol. The maximum absolute atomic E-state index is 11.8.